The van der Waals surface area contributed by atoms with Gasteiger partial charge in [-0.2, -0.15) is 48.3 Å². The van der Waals surface area contributed by atoms with E-state index >= 15 is 0 Å². The van der Waals surface area contributed by atoms with Gasteiger partial charge in [-0.3, -0.25) is 4.74 Å². The summed E-state index contributed by atoms with van der Waals surface area (Å²) >= 11 is 0. The van der Waals surface area contributed by atoms with Gasteiger partial charge in [0.25, 0.3) is 0 Å². The molecule has 0 spiro atoms. The molecular weight excluding hydrogens is 976 g/mol. The highest BCUT2D eigenvalue weighted by Crippen LogP contribution is 2.44. The molecule has 0 fully saturated rings. The van der Waals surface area contributed by atoms with Crippen LogP contribution >= 0.6 is 0 Å². The molecule has 0 rings (SSSR count). The number of halogens is 13. The highest BCUT2D eigenvalue weighted by Gasteiger charge is 2.54. The molecule has 0 saturated heterocycles. The van der Waals surface area contributed by atoms with Gasteiger partial charge >= 0.3 is 63.3 Å². The third-order valence-corrected chi connectivity index (χ3v) is 18.7. The van der Waals surface area contributed by atoms with Gasteiger partial charge in [-0.05, 0) is 56.8 Å². The van der Waals surface area contributed by atoms with Crippen LogP contribution in [0.15, 0.2) is 0 Å². The van der Waals surface area contributed by atoms with Gasteiger partial charge in [0.15, 0.2) is 0 Å². The summed E-state index contributed by atoms with van der Waals surface area (Å²) < 4.78 is 241. The molecule has 0 aromatic carbocycles. The van der Waals surface area contributed by atoms with E-state index < -0.39 is 96.2 Å². The van der Waals surface area contributed by atoms with E-state index in [1.54, 1.807) is 0 Å². The molecule has 65 heavy (non-hydrogen) atoms. The lowest BCUT2D eigenvalue weighted by atomic mass is 9.72. The smallest absolute Gasteiger partial charge is 0.377 e. The van der Waals surface area contributed by atoms with Gasteiger partial charge < -0.3 is 49.3 Å². The molecule has 0 amide bonds. The van der Waals surface area contributed by atoms with Crippen LogP contribution in [0.5, 0.6) is 0 Å². The summed E-state index contributed by atoms with van der Waals surface area (Å²) in [4.78, 5) is 0. The summed E-state index contributed by atoms with van der Waals surface area (Å²) in [5.41, 5.74) is -0.275. The number of hydrogen-bond acceptors (Lipinski definition) is 14. The first kappa shape index (κ1) is 64.2. The predicted octanol–water partition coefficient (Wildman–Crippen LogP) is 9.86. The number of alkyl halides is 13. The van der Waals surface area contributed by atoms with E-state index in [9.17, 15) is 57.1 Å². The second kappa shape index (κ2) is 28.7. The molecule has 0 aliphatic rings. The van der Waals surface area contributed by atoms with Crippen molar-refractivity contribution in [3.05, 3.63) is 0 Å². The predicted molar refractivity (Wildman–Crippen MR) is 208 cm³/mol. The SMILES string of the molecule is CO[Si](CCCC(CCCCCCOCC(F)(F)OC(F)(F)OC(F)(F)COCC(F)(F)OC(F)(F)CC(F)(F)F)(CCC[Si](OC)(OC)OC)CCC[Si](OC)(OC)OC)(OC)OC. The average Bonchev–Trinajstić information content (AvgIpc) is 3.19. The van der Waals surface area contributed by atoms with Crippen molar-refractivity contribution in [2.45, 2.75) is 132 Å². The van der Waals surface area contributed by atoms with Crippen molar-refractivity contribution in [3.63, 3.8) is 0 Å². The lowest BCUT2D eigenvalue weighted by molar-refractivity contribution is -0.519. The van der Waals surface area contributed by atoms with Crippen LogP contribution in [0.1, 0.15) is 77.0 Å². The van der Waals surface area contributed by atoms with Crippen LogP contribution < -0.4 is 0 Å². The Morgan fingerprint density at radius 3 is 0.985 bits per heavy atom. The maximum absolute atomic E-state index is 14.2. The molecule has 0 radical (unpaired) electrons. The summed E-state index contributed by atoms with van der Waals surface area (Å²) in [6, 6.07) is 1.59. The maximum atomic E-state index is 14.2. The second-order valence-electron chi connectivity index (χ2n) is 14.8. The van der Waals surface area contributed by atoms with Gasteiger partial charge in [-0.1, -0.05) is 19.3 Å². The van der Waals surface area contributed by atoms with Crippen molar-refractivity contribution >= 4 is 26.4 Å². The molecule has 0 aliphatic heterocycles. The molecule has 0 heterocycles. The average molecular weight is 1040 g/mol. The Morgan fingerprint density at radius 1 is 0.338 bits per heavy atom. The van der Waals surface area contributed by atoms with Gasteiger partial charge in [0.1, 0.15) is 26.2 Å². The zero-order valence-electron chi connectivity index (χ0n) is 38.1. The second-order valence-corrected chi connectivity index (χ2v) is 24.0. The summed E-state index contributed by atoms with van der Waals surface area (Å²) in [6.07, 6.45) is -29.1. The van der Waals surface area contributed by atoms with Gasteiger partial charge in [-0.15, -0.1) is 8.78 Å². The van der Waals surface area contributed by atoms with Gasteiger partial charge in [0.05, 0.1) is 0 Å². The minimum atomic E-state index is -5.80. The van der Waals surface area contributed by atoms with Crippen LogP contribution in [0, 0.1) is 5.41 Å². The van der Waals surface area contributed by atoms with E-state index in [2.05, 4.69) is 18.9 Å². The normalized spacial score (nSPS) is 14.5. The topological polar surface area (TPSA) is 129 Å². The fraction of sp³-hybridized carbons (Fsp3) is 1.00. The first-order chi connectivity index (χ1) is 29.9. The third-order valence-electron chi connectivity index (χ3n) is 10.2. The first-order valence-corrected chi connectivity index (χ1v) is 25.9. The van der Waals surface area contributed by atoms with E-state index in [0.717, 1.165) is 19.3 Å². The lowest BCUT2D eigenvalue weighted by Gasteiger charge is -2.37. The summed E-state index contributed by atoms with van der Waals surface area (Å²) in [5, 5.41) is 0. The van der Waals surface area contributed by atoms with Crippen molar-refractivity contribution in [1.29, 1.82) is 0 Å². The highest BCUT2D eigenvalue weighted by molar-refractivity contribution is 6.61. The fourth-order valence-electron chi connectivity index (χ4n) is 6.94. The molecule has 0 bridgehead atoms. The monoisotopic (exact) mass is 1040 g/mol. The Balaban J connectivity index is 5.52. The Labute approximate surface area is 374 Å². The first-order valence-electron chi connectivity index (χ1n) is 20.1. The number of unbranched alkanes of at least 4 members (excludes halogenated alkanes) is 3. The van der Waals surface area contributed by atoms with Crippen LogP contribution in [0.3, 0.4) is 0 Å². The van der Waals surface area contributed by atoms with Crippen molar-refractivity contribution in [2.24, 2.45) is 5.41 Å². The van der Waals surface area contributed by atoms with Crippen LogP contribution in [0.2, 0.25) is 18.1 Å². The molecule has 0 atom stereocenters. The molecular formula is C35H65F13O14Si3. The molecule has 0 aliphatic carbocycles. The highest BCUT2D eigenvalue weighted by atomic mass is 28.4. The minimum Gasteiger partial charge on any atom is -0.377 e. The minimum absolute atomic E-state index is 0.165. The standard InChI is InChI=1S/C35H65F13O14Si3/c1-49-63(50-2,51-3)22-14-18-29(19-15-23-64(52-4,53-5)54-6,20-16-24-65(55-7,56-8)57-9)17-12-10-11-13-21-58-26-33(43,44)61-35(47,48)62-34(45,46)28-59-27-32(41,42)60-31(39,40)25-30(36,37)38/h10-28H2,1-9H3. The molecule has 392 valence electrons. The van der Waals surface area contributed by atoms with Crippen molar-refractivity contribution in [3.8, 4) is 0 Å². The lowest BCUT2D eigenvalue weighted by Crippen LogP contribution is -2.45. The largest absolute Gasteiger partial charge is 0.500 e. The molecule has 0 aromatic rings. The van der Waals surface area contributed by atoms with E-state index in [1.807, 2.05) is 0 Å². The molecule has 0 N–H and O–H groups in total. The quantitative estimate of drug-likeness (QED) is 0.0249. The summed E-state index contributed by atoms with van der Waals surface area (Å²) in [7, 11) is 4.92. The number of hydrogen-bond donors (Lipinski definition) is 0. The van der Waals surface area contributed by atoms with E-state index in [-0.39, 0.29) is 11.8 Å². The Morgan fingerprint density at radius 2 is 0.646 bits per heavy atom. The summed E-state index contributed by atoms with van der Waals surface area (Å²) in [5.74, 6) is 0. The third kappa shape index (κ3) is 26.1. The zero-order chi connectivity index (χ0) is 50.3. The van der Waals surface area contributed by atoms with Gasteiger partial charge in [0.2, 0.25) is 0 Å². The summed E-state index contributed by atoms with van der Waals surface area (Å²) in [6.45, 7) is -7.46. The molecule has 30 heteroatoms. The van der Waals surface area contributed by atoms with Crippen molar-refractivity contribution < 1.29 is 121 Å². The van der Waals surface area contributed by atoms with Crippen LogP contribution in [-0.4, -0.2) is 154 Å². The van der Waals surface area contributed by atoms with Crippen LogP contribution in [0.25, 0.3) is 0 Å². The maximum Gasteiger partial charge on any atom is 0.500 e. The van der Waals surface area contributed by atoms with Gasteiger partial charge in [-0.25, -0.2) is 9.47 Å². The number of rotatable bonds is 41. The Hall–Kier alpha value is -0.819. The molecule has 0 unspecified atom stereocenters. The number of ether oxygens (including phenoxy) is 5. The fourth-order valence-corrected chi connectivity index (χ4v) is 12.1. The van der Waals surface area contributed by atoms with Crippen molar-refractivity contribution in [1.82, 2.24) is 0 Å². The van der Waals surface area contributed by atoms with Crippen LogP contribution in [0.4, 0.5) is 57.1 Å². The van der Waals surface area contributed by atoms with E-state index in [4.69, 9.17) is 44.6 Å². The van der Waals surface area contributed by atoms with Gasteiger partial charge in [0, 0.05) is 88.7 Å². The molecule has 14 nitrogen and oxygen atoms in total. The zero-order valence-corrected chi connectivity index (χ0v) is 41.1. The van der Waals surface area contributed by atoms with E-state index in [0.29, 0.717) is 63.1 Å². The Kier molecular flexibility index (Phi) is 28.4. The Bertz CT molecular complexity index is 1180. The molecule has 0 saturated carbocycles. The molecule has 0 aromatic heterocycles. The van der Waals surface area contributed by atoms with Crippen LogP contribution in [-0.2, 0) is 63.5 Å². The van der Waals surface area contributed by atoms with Crippen molar-refractivity contribution in [2.75, 3.05) is 90.4 Å². The van der Waals surface area contributed by atoms with E-state index in [1.165, 1.54) is 64.0 Å².